The van der Waals surface area contributed by atoms with Crippen molar-refractivity contribution in [2.75, 3.05) is 20.3 Å². The van der Waals surface area contributed by atoms with Crippen LogP contribution in [0.2, 0.25) is 0 Å². The van der Waals surface area contributed by atoms with E-state index in [1.165, 1.54) is 11.1 Å². The van der Waals surface area contributed by atoms with Crippen LogP contribution in [0.5, 0.6) is 11.5 Å². The van der Waals surface area contributed by atoms with E-state index in [-0.39, 0.29) is 5.92 Å². The summed E-state index contributed by atoms with van der Waals surface area (Å²) in [7, 11) is 1.70. The van der Waals surface area contributed by atoms with Crippen LogP contribution in [0.15, 0.2) is 48.5 Å². The molecule has 2 rings (SSSR count). The maximum Gasteiger partial charge on any atom is 0.122 e. The van der Waals surface area contributed by atoms with Crippen molar-refractivity contribution in [2.24, 2.45) is 5.73 Å². The molecular formula is C20H27NO2. The topological polar surface area (TPSA) is 44.5 Å². The SMILES string of the molecule is CCCCOc1ccc(CC(CN)c2ccccc2OC)cc1. The highest BCUT2D eigenvalue weighted by atomic mass is 16.5. The number of hydrogen-bond acceptors (Lipinski definition) is 3. The number of nitrogens with two attached hydrogens (primary N) is 1. The number of unbranched alkanes of at least 4 members (excludes halogenated alkanes) is 1. The first-order valence-electron chi connectivity index (χ1n) is 8.33. The Labute approximate surface area is 139 Å². The smallest absolute Gasteiger partial charge is 0.122 e. The summed E-state index contributed by atoms with van der Waals surface area (Å²) in [5.74, 6) is 2.09. The van der Waals surface area contributed by atoms with Crippen molar-refractivity contribution in [2.45, 2.75) is 32.1 Å². The molecule has 0 spiro atoms. The van der Waals surface area contributed by atoms with Crippen molar-refractivity contribution in [3.05, 3.63) is 59.7 Å². The fourth-order valence-electron chi connectivity index (χ4n) is 2.66. The third-order valence-electron chi connectivity index (χ3n) is 4.04. The van der Waals surface area contributed by atoms with Gasteiger partial charge in [0.2, 0.25) is 0 Å². The zero-order valence-electron chi connectivity index (χ0n) is 14.1. The van der Waals surface area contributed by atoms with E-state index >= 15 is 0 Å². The lowest BCUT2D eigenvalue weighted by atomic mass is 9.91. The van der Waals surface area contributed by atoms with E-state index in [1.54, 1.807) is 7.11 Å². The quantitative estimate of drug-likeness (QED) is 0.707. The summed E-state index contributed by atoms with van der Waals surface area (Å²) in [5, 5.41) is 0. The van der Waals surface area contributed by atoms with Gasteiger partial charge in [0.25, 0.3) is 0 Å². The summed E-state index contributed by atoms with van der Waals surface area (Å²) in [4.78, 5) is 0. The van der Waals surface area contributed by atoms with Crippen LogP contribution in [0.3, 0.4) is 0 Å². The Morgan fingerprint density at radius 3 is 2.43 bits per heavy atom. The van der Waals surface area contributed by atoms with Crippen LogP contribution in [-0.4, -0.2) is 20.3 Å². The number of benzene rings is 2. The fraction of sp³-hybridized carbons (Fsp3) is 0.400. The van der Waals surface area contributed by atoms with Gasteiger partial charge in [-0.15, -0.1) is 0 Å². The maximum absolute atomic E-state index is 6.01. The molecule has 0 saturated heterocycles. The molecular weight excluding hydrogens is 286 g/mol. The molecule has 2 aromatic carbocycles. The van der Waals surface area contributed by atoms with E-state index in [9.17, 15) is 0 Å². The number of ether oxygens (including phenoxy) is 2. The standard InChI is InChI=1S/C20H27NO2/c1-3-4-13-23-18-11-9-16(10-12-18)14-17(15-21)19-7-5-6-8-20(19)22-2/h5-12,17H,3-4,13-15,21H2,1-2H3. The Morgan fingerprint density at radius 2 is 1.78 bits per heavy atom. The van der Waals surface area contributed by atoms with E-state index in [0.717, 1.165) is 37.4 Å². The molecule has 0 aliphatic rings. The predicted molar refractivity (Wildman–Crippen MR) is 95.3 cm³/mol. The summed E-state index contributed by atoms with van der Waals surface area (Å²) in [6.45, 7) is 3.54. The van der Waals surface area contributed by atoms with Crippen LogP contribution < -0.4 is 15.2 Å². The van der Waals surface area contributed by atoms with Gasteiger partial charge in [0.1, 0.15) is 11.5 Å². The van der Waals surface area contributed by atoms with E-state index < -0.39 is 0 Å². The molecule has 0 aliphatic carbocycles. The largest absolute Gasteiger partial charge is 0.496 e. The summed E-state index contributed by atoms with van der Waals surface area (Å²) in [6, 6.07) is 16.4. The molecule has 0 saturated carbocycles. The van der Waals surface area contributed by atoms with Crippen molar-refractivity contribution in [3.63, 3.8) is 0 Å². The van der Waals surface area contributed by atoms with Gasteiger partial charge in [-0.3, -0.25) is 0 Å². The molecule has 0 heterocycles. The Bertz CT molecular complexity index is 580. The number of methoxy groups -OCH3 is 1. The Morgan fingerprint density at radius 1 is 1.04 bits per heavy atom. The van der Waals surface area contributed by atoms with E-state index in [1.807, 2.05) is 30.3 Å². The second-order valence-corrected chi connectivity index (χ2v) is 5.72. The van der Waals surface area contributed by atoms with Crippen LogP contribution in [0.25, 0.3) is 0 Å². The lowest BCUT2D eigenvalue weighted by Crippen LogP contribution is -2.16. The summed E-state index contributed by atoms with van der Waals surface area (Å²) in [6.07, 6.45) is 3.13. The highest BCUT2D eigenvalue weighted by Gasteiger charge is 2.15. The summed E-state index contributed by atoms with van der Waals surface area (Å²) in [5.41, 5.74) is 8.43. The third-order valence-corrected chi connectivity index (χ3v) is 4.04. The number of hydrogen-bond donors (Lipinski definition) is 1. The van der Waals surface area contributed by atoms with Crippen LogP contribution >= 0.6 is 0 Å². The molecule has 1 atom stereocenters. The third kappa shape index (κ3) is 5.00. The minimum absolute atomic E-state index is 0.248. The van der Waals surface area contributed by atoms with Gasteiger partial charge in [0.15, 0.2) is 0 Å². The van der Waals surface area contributed by atoms with Gasteiger partial charge < -0.3 is 15.2 Å². The van der Waals surface area contributed by atoms with Crippen LogP contribution in [-0.2, 0) is 6.42 Å². The van der Waals surface area contributed by atoms with Gasteiger partial charge in [0.05, 0.1) is 13.7 Å². The molecule has 3 heteroatoms. The minimum Gasteiger partial charge on any atom is -0.496 e. The van der Waals surface area contributed by atoms with Crippen molar-refractivity contribution in [3.8, 4) is 11.5 Å². The lowest BCUT2D eigenvalue weighted by Gasteiger charge is -2.18. The second kappa shape index (κ2) is 9.21. The first kappa shape index (κ1) is 17.4. The van der Waals surface area contributed by atoms with Gasteiger partial charge in [0, 0.05) is 5.92 Å². The molecule has 0 aromatic heterocycles. The number of rotatable bonds is 9. The predicted octanol–water partition coefficient (Wildman–Crippen LogP) is 4.16. The summed E-state index contributed by atoms with van der Waals surface area (Å²) < 4.78 is 11.2. The van der Waals surface area contributed by atoms with Crippen LogP contribution in [0, 0.1) is 0 Å². The molecule has 2 aromatic rings. The van der Waals surface area contributed by atoms with Gasteiger partial charge >= 0.3 is 0 Å². The van der Waals surface area contributed by atoms with E-state index in [0.29, 0.717) is 6.54 Å². The molecule has 1 unspecified atom stereocenters. The maximum atomic E-state index is 6.01. The van der Waals surface area contributed by atoms with Gasteiger partial charge in [-0.2, -0.15) is 0 Å². The Kier molecular flexibility index (Phi) is 6.95. The zero-order chi connectivity index (χ0) is 16.5. The normalized spacial score (nSPS) is 12.0. The lowest BCUT2D eigenvalue weighted by molar-refractivity contribution is 0.309. The molecule has 0 fully saturated rings. The van der Waals surface area contributed by atoms with E-state index in [4.69, 9.17) is 15.2 Å². The first-order valence-corrected chi connectivity index (χ1v) is 8.33. The summed E-state index contributed by atoms with van der Waals surface area (Å²) >= 11 is 0. The molecule has 3 nitrogen and oxygen atoms in total. The molecule has 23 heavy (non-hydrogen) atoms. The van der Waals surface area contributed by atoms with Crippen molar-refractivity contribution < 1.29 is 9.47 Å². The van der Waals surface area contributed by atoms with E-state index in [2.05, 4.69) is 25.1 Å². The van der Waals surface area contributed by atoms with Gasteiger partial charge in [-0.25, -0.2) is 0 Å². The zero-order valence-corrected chi connectivity index (χ0v) is 14.1. The molecule has 124 valence electrons. The Hall–Kier alpha value is -2.00. The van der Waals surface area contributed by atoms with Crippen molar-refractivity contribution in [1.29, 1.82) is 0 Å². The first-order chi connectivity index (χ1) is 11.3. The molecule has 0 radical (unpaired) electrons. The average molecular weight is 313 g/mol. The van der Waals surface area contributed by atoms with Crippen molar-refractivity contribution >= 4 is 0 Å². The van der Waals surface area contributed by atoms with Crippen LogP contribution in [0.1, 0.15) is 36.8 Å². The van der Waals surface area contributed by atoms with Crippen LogP contribution in [0.4, 0.5) is 0 Å². The molecule has 0 bridgehead atoms. The minimum atomic E-state index is 0.248. The van der Waals surface area contributed by atoms with Crippen molar-refractivity contribution in [1.82, 2.24) is 0 Å². The Balaban J connectivity index is 2.04. The molecule has 0 amide bonds. The number of para-hydroxylation sites is 1. The monoisotopic (exact) mass is 313 g/mol. The fourth-order valence-corrected chi connectivity index (χ4v) is 2.66. The average Bonchev–Trinajstić information content (AvgIpc) is 2.61. The second-order valence-electron chi connectivity index (χ2n) is 5.72. The highest BCUT2D eigenvalue weighted by Crippen LogP contribution is 2.29. The molecule has 0 aliphatic heterocycles. The molecule has 2 N–H and O–H groups in total. The van der Waals surface area contributed by atoms with Gasteiger partial charge in [-0.05, 0) is 48.7 Å². The van der Waals surface area contributed by atoms with Gasteiger partial charge in [-0.1, -0.05) is 43.7 Å². The highest BCUT2D eigenvalue weighted by molar-refractivity contribution is 5.38.